The molecule has 32 heavy (non-hydrogen) atoms. The number of amides is 3. The van der Waals surface area contributed by atoms with Crippen molar-refractivity contribution < 1.29 is 14.1 Å². The molecule has 2 aromatic heterocycles. The fraction of sp³-hybridized carbons (Fsp3) is 0.348. The van der Waals surface area contributed by atoms with Gasteiger partial charge in [0, 0.05) is 38.2 Å². The number of pyridine rings is 1. The molecule has 1 N–H and O–H groups in total. The number of anilines is 2. The summed E-state index contributed by atoms with van der Waals surface area (Å²) in [5.41, 5.74) is 2.09. The molecule has 0 radical (unpaired) electrons. The smallest absolute Gasteiger partial charge is 0.321 e. The number of aromatic nitrogens is 3. The van der Waals surface area contributed by atoms with Gasteiger partial charge in [0.15, 0.2) is 0 Å². The van der Waals surface area contributed by atoms with Gasteiger partial charge in [-0.05, 0) is 43.5 Å². The highest BCUT2D eigenvalue weighted by Crippen LogP contribution is 2.31. The lowest BCUT2D eigenvalue weighted by Gasteiger charge is -2.31. The van der Waals surface area contributed by atoms with Crippen LogP contribution in [-0.2, 0) is 4.79 Å². The average molecular weight is 432 g/mol. The summed E-state index contributed by atoms with van der Waals surface area (Å²) >= 11 is 0. The number of rotatable bonds is 4. The number of piperidine rings is 1. The molecule has 4 heterocycles. The van der Waals surface area contributed by atoms with Crippen LogP contribution in [0.3, 0.4) is 0 Å². The second-order valence-corrected chi connectivity index (χ2v) is 8.03. The lowest BCUT2D eigenvalue weighted by Crippen LogP contribution is -2.41. The van der Waals surface area contributed by atoms with Gasteiger partial charge in [0.25, 0.3) is 0 Å². The Kier molecular flexibility index (Phi) is 5.53. The molecular formula is C23H24N6O3. The predicted molar refractivity (Wildman–Crippen MR) is 118 cm³/mol. The van der Waals surface area contributed by atoms with Gasteiger partial charge < -0.3 is 19.6 Å². The first-order valence-corrected chi connectivity index (χ1v) is 10.9. The first kappa shape index (κ1) is 20.2. The zero-order valence-corrected chi connectivity index (χ0v) is 17.6. The maximum absolute atomic E-state index is 12.9. The molecule has 2 aliphatic heterocycles. The molecule has 2 fully saturated rings. The van der Waals surface area contributed by atoms with Gasteiger partial charge in [-0.3, -0.25) is 9.78 Å². The van der Waals surface area contributed by atoms with Crippen molar-refractivity contribution in [3.63, 3.8) is 0 Å². The lowest BCUT2D eigenvalue weighted by molar-refractivity contribution is -0.117. The van der Waals surface area contributed by atoms with Gasteiger partial charge in [-0.25, -0.2) is 4.79 Å². The standard InChI is InChI=1S/C23H24N6O3/c30-20-9-5-13-29(20)19-8-2-1-6-17(19)25-23(31)28-14-10-16(11-15-28)22-26-21(27-32-22)18-7-3-4-12-24-18/h1-4,6-8,12,16H,5,9-11,13-15H2,(H,25,31). The van der Waals surface area contributed by atoms with Crippen molar-refractivity contribution in [1.82, 2.24) is 20.0 Å². The SMILES string of the molecule is O=C(Nc1ccccc1N1CCCC1=O)N1CCC(c2nc(-c3ccccn3)no2)CC1. The number of benzene rings is 1. The van der Waals surface area contributed by atoms with Crippen molar-refractivity contribution in [2.45, 2.75) is 31.6 Å². The fourth-order valence-electron chi connectivity index (χ4n) is 4.24. The van der Waals surface area contributed by atoms with Gasteiger partial charge in [-0.15, -0.1) is 0 Å². The van der Waals surface area contributed by atoms with Gasteiger partial charge in [0.2, 0.25) is 17.6 Å². The molecule has 2 aliphatic rings. The Balaban J connectivity index is 1.21. The third kappa shape index (κ3) is 4.05. The molecule has 0 unspecified atom stereocenters. The highest BCUT2D eigenvalue weighted by atomic mass is 16.5. The number of nitrogens with zero attached hydrogens (tertiary/aromatic N) is 5. The molecule has 164 valence electrons. The summed E-state index contributed by atoms with van der Waals surface area (Å²) in [5.74, 6) is 1.27. The van der Waals surface area contributed by atoms with E-state index < -0.39 is 0 Å². The van der Waals surface area contributed by atoms with Crippen LogP contribution < -0.4 is 10.2 Å². The molecule has 1 aromatic carbocycles. The number of urea groups is 1. The van der Waals surface area contributed by atoms with E-state index in [1.807, 2.05) is 42.5 Å². The maximum Gasteiger partial charge on any atom is 0.321 e. The topological polar surface area (TPSA) is 104 Å². The van der Waals surface area contributed by atoms with Crippen LogP contribution in [0.25, 0.3) is 11.5 Å². The first-order valence-electron chi connectivity index (χ1n) is 10.9. The van der Waals surface area contributed by atoms with Gasteiger partial charge in [-0.1, -0.05) is 23.4 Å². The summed E-state index contributed by atoms with van der Waals surface area (Å²) in [7, 11) is 0. The molecule has 0 atom stereocenters. The molecule has 0 aliphatic carbocycles. The predicted octanol–water partition coefficient (Wildman–Crippen LogP) is 3.67. The van der Waals surface area contributed by atoms with Crippen molar-refractivity contribution in [2.75, 3.05) is 29.9 Å². The number of hydrogen-bond acceptors (Lipinski definition) is 6. The van der Waals surface area contributed by atoms with E-state index >= 15 is 0 Å². The number of para-hydroxylation sites is 2. The normalized spacial score (nSPS) is 17.1. The Morgan fingerprint density at radius 2 is 1.88 bits per heavy atom. The lowest BCUT2D eigenvalue weighted by atomic mass is 9.97. The van der Waals surface area contributed by atoms with Crippen molar-refractivity contribution in [3.05, 3.63) is 54.6 Å². The summed E-state index contributed by atoms with van der Waals surface area (Å²) in [6.45, 7) is 1.85. The van der Waals surface area contributed by atoms with E-state index in [4.69, 9.17) is 4.52 Å². The number of hydrogen-bond donors (Lipinski definition) is 1. The van der Waals surface area contributed by atoms with Crippen LogP contribution in [0.2, 0.25) is 0 Å². The average Bonchev–Trinajstić information content (AvgIpc) is 3.50. The zero-order chi connectivity index (χ0) is 21.9. The molecule has 9 heteroatoms. The summed E-state index contributed by atoms with van der Waals surface area (Å²) in [5, 5.41) is 7.04. The van der Waals surface area contributed by atoms with E-state index in [0.717, 1.165) is 24.9 Å². The van der Waals surface area contributed by atoms with E-state index in [1.54, 1.807) is 16.0 Å². The second kappa shape index (κ2) is 8.78. The van der Waals surface area contributed by atoms with Gasteiger partial charge in [0.05, 0.1) is 11.4 Å². The van der Waals surface area contributed by atoms with Crippen LogP contribution in [0, 0.1) is 0 Å². The maximum atomic E-state index is 12.9. The van der Waals surface area contributed by atoms with Crippen LogP contribution in [0.15, 0.2) is 53.2 Å². The Hall–Kier alpha value is -3.75. The van der Waals surface area contributed by atoms with Crippen LogP contribution >= 0.6 is 0 Å². The summed E-state index contributed by atoms with van der Waals surface area (Å²) < 4.78 is 5.48. The molecule has 3 amide bonds. The minimum absolute atomic E-state index is 0.0946. The second-order valence-electron chi connectivity index (χ2n) is 8.03. The molecule has 5 rings (SSSR count). The third-order valence-electron chi connectivity index (χ3n) is 5.98. The van der Waals surface area contributed by atoms with E-state index in [1.165, 1.54) is 0 Å². The zero-order valence-electron chi connectivity index (χ0n) is 17.6. The Bertz CT molecular complexity index is 1110. The molecule has 2 saturated heterocycles. The summed E-state index contributed by atoms with van der Waals surface area (Å²) in [6, 6.07) is 12.9. The van der Waals surface area contributed by atoms with Crippen molar-refractivity contribution >= 4 is 23.3 Å². The van der Waals surface area contributed by atoms with E-state index in [0.29, 0.717) is 49.2 Å². The van der Waals surface area contributed by atoms with Crippen LogP contribution in [0.4, 0.5) is 16.2 Å². The third-order valence-corrected chi connectivity index (χ3v) is 5.98. The van der Waals surface area contributed by atoms with Crippen molar-refractivity contribution in [1.29, 1.82) is 0 Å². The number of likely N-dealkylation sites (tertiary alicyclic amines) is 1. The van der Waals surface area contributed by atoms with Gasteiger partial charge in [-0.2, -0.15) is 4.98 Å². The van der Waals surface area contributed by atoms with E-state index in [-0.39, 0.29) is 17.9 Å². The van der Waals surface area contributed by atoms with Crippen LogP contribution in [0.1, 0.15) is 37.5 Å². The van der Waals surface area contributed by atoms with E-state index in [9.17, 15) is 9.59 Å². The van der Waals surface area contributed by atoms with Crippen molar-refractivity contribution in [3.8, 4) is 11.5 Å². The quantitative estimate of drug-likeness (QED) is 0.675. The Morgan fingerprint density at radius 1 is 1.06 bits per heavy atom. The number of carbonyl (C=O) groups is 2. The minimum atomic E-state index is -0.165. The van der Waals surface area contributed by atoms with Crippen LogP contribution in [0.5, 0.6) is 0 Å². The van der Waals surface area contributed by atoms with Crippen LogP contribution in [-0.4, -0.2) is 51.6 Å². The van der Waals surface area contributed by atoms with Gasteiger partial charge >= 0.3 is 6.03 Å². The summed E-state index contributed by atoms with van der Waals surface area (Å²) in [6.07, 6.45) is 4.56. The van der Waals surface area contributed by atoms with Gasteiger partial charge in [0.1, 0.15) is 5.69 Å². The molecule has 9 nitrogen and oxygen atoms in total. The number of carbonyl (C=O) groups excluding carboxylic acids is 2. The van der Waals surface area contributed by atoms with E-state index in [2.05, 4.69) is 20.4 Å². The molecule has 0 saturated carbocycles. The fourth-order valence-corrected chi connectivity index (χ4v) is 4.24. The monoisotopic (exact) mass is 432 g/mol. The molecular weight excluding hydrogens is 408 g/mol. The number of nitrogens with one attached hydrogen (secondary N) is 1. The highest BCUT2D eigenvalue weighted by molar-refractivity contribution is 6.01. The minimum Gasteiger partial charge on any atom is -0.339 e. The molecule has 3 aromatic rings. The van der Waals surface area contributed by atoms with Crippen molar-refractivity contribution in [2.24, 2.45) is 0 Å². The molecule has 0 bridgehead atoms. The summed E-state index contributed by atoms with van der Waals surface area (Å²) in [4.78, 5) is 37.4. The first-order chi connectivity index (χ1) is 15.7. The largest absolute Gasteiger partial charge is 0.339 e. The Labute approximate surface area is 185 Å². The Morgan fingerprint density at radius 3 is 2.62 bits per heavy atom. The highest BCUT2D eigenvalue weighted by Gasteiger charge is 2.29. The molecule has 0 spiro atoms.